The van der Waals surface area contributed by atoms with Crippen molar-refractivity contribution in [1.29, 1.82) is 0 Å². The van der Waals surface area contributed by atoms with E-state index in [4.69, 9.17) is 43.4 Å². The highest BCUT2D eigenvalue weighted by atomic mass is 35.5. The minimum Gasteiger partial charge on any atom is -0.495 e. The zero-order valence-corrected chi connectivity index (χ0v) is 23.7. The summed E-state index contributed by atoms with van der Waals surface area (Å²) in [5, 5.41) is 3.95. The molecule has 3 atom stereocenters. The predicted molar refractivity (Wildman–Crippen MR) is 151 cm³/mol. The molecule has 1 aromatic carbocycles. The lowest BCUT2D eigenvalue weighted by Gasteiger charge is -2.40. The van der Waals surface area contributed by atoms with Crippen LogP contribution in [-0.2, 0) is 6.54 Å². The second kappa shape index (κ2) is 11.3. The highest BCUT2D eigenvalue weighted by Crippen LogP contribution is 2.48. The summed E-state index contributed by atoms with van der Waals surface area (Å²) in [7, 11) is 4.67. The first-order valence-corrected chi connectivity index (χ1v) is 14.1. The molecule has 1 aromatic heterocycles. The topological polar surface area (TPSA) is 106 Å². The molecule has 3 aliphatic rings. The van der Waals surface area contributed by atoms with Gasteiger partial charge in [0.2, 0.25) is 5.95 Å². The predicted octanol–water partition coefficient (Wildman–Crippen LogP) is 5.87. The van der Waals surface area contributed by atoms with E-state index < -0.39 is 0 Å². The van der Waals surface area contributed by atoms with Gasteiger partial charge in [0.1, 0.15) is 27.4 Å². The normalized spacial score (nSPS) is 24.3. The smallest absolute Gasteiger partial charge is 0.330 e. The van der Waals surface area contributed by atoms with Crippen LogP contribution in [0.2, 0.25) is 10.0 Å². The summed E-state index contributed by atoms with van der Waals surface area (Å²) in [6.07, 6.45) is 11.7. The van der Waals surface area contributed by atoms with Gasteiger partial charge in [-0.05, 0) is 31.1 Å². The molecule has 9 nitrogen and oxygen atoms in total. The molecular formula is C27H36Cl2N6O3. The monoisotopic (exact) mass is 562 g/mol. The highest BCUT2D eigenvalue weighted by molar-refractivity contribution is 6.42. The maximum absolute atomic E-state index is 13.5. The third-order valence-electron chi connectivity index (χ3n) is 8.40. The second-order valence-electron chi connectivity index (χ2n) is 10.6. The van der Waals surface area contributed by atoms with Gasteiger partial charge < -0.3 is 20.5 Å². The van der Waals surface area contributed by atoms with Crippen LogP contribution in [0, 0.1) is 11.8 Å². The number of rotatable bonds is 6. The Balaban J connectivity index is 1.38. The van der Waals surface area contributed by atoms with E-state index in [9.17, 15) is 4.79 Å². The SMILES string of the molecule is COc1cc(OC)c(Cl)c(N2Cc3cnc(N[C@@H]4CC(C5CCCCC5)CC[C@@H]4N)nc3N(C)C2=O)c1Cl. The van der Waals surface area contributed by atoms with Crippen LogP contribution >= 0.6 is 23.2 Å². The average Bonchev–Trinajstić information content (AvgIpc) is 2.93. The van der Waals surface area contributed by atoms with Gasteiger partial charge in [0, 0.05) is 37.0 Å². The number of nitrogens with two attached hydrogens (primary N) is 1. The van der Waals surface area contributed by atoms with Crippen molar-refractivity contribution in [2.24, 2.45) is 17.6 Å². The minimum atomic E-state index is -0.326. The molecule has 2 amide bonds. The van der Waals surface area contributed by atoms with Crippen molar-refractivity contribution in [2.75, 3.05) is 36.4 Å². The van der Waals surface area contributed by atoms with Crippen LogP contribution < -0.4 is 30.3 Å². The van der Waals surface area contributed by atoms with Gasteiger partial charge in [-0.15, -0.1) is 0 Å². The second-order valence-corrected chi connectivity index (χ2v) is 11.4. The molecule has 2 aromatic rings. The summed E-state index contributed by atoms with van der Waals surface area (Å²) in [6.45, 7) is 0.196. The molecular weight excluding hydrogens is 527 g/mol. The lowest BCUT2D eigenvalue weighted by atomic mass is 9.71. The fraction of sp³-hybridized carbons (Fsp3) is 0.593. The number of ether oxygens (including phenoxy) is 2. The Morgan fingerprint density at radius 3 is 2.37 bits per heavy atom. The Morgan fingerprint density at radius 2 is 1.71 bits per heavy atom. The van der Waals surface area contributed by atoms with Crippen molar-refractivity contribution >= 4 is 46.7 Å². The van der Waals surface area contributed by atoms with Crippen LogP contribution in [-0.4, -0.2) is 49.4 Å². The first kappa shape index (κ1) is 27.1. The maximum atomic E-state index is 13.5. The summed E-state index contributed by atoms with van der Waals surface area (Å²) in [4.78, 5) is 25.8. The van der Waals surface area contributed by atoms with E-state index >= 15 is 0 Å². The summed E-state index contributed by atoms with van der Waals surface area (Å²) >= 11 is 13.2. The van der Waals surface area contributed by atoms with Crippen LogP contribution in [0.3, 0.4) is 0 Å². The largest absolute Gasteiger partial charge is 0.495 e. The van der Waals surface area contributed by atoms with Crippen LogP contribution in [0.15, 0.2) is 12.3 Å². The van der Waals surface area contributed by atoms with Crippen molar-refractivity contribution in [1.82, 2.24) is 9.97 Å². The fourth-order valence-electron chi connectivity index (χ4n) is 6.26. The number of fused-ring (bicyclic) bond motifs is 1. The van der Waals surface area contributed by atoms with Gasteiger partial charge in [-0.25, -0.2) is 9.78 Å². The molecule has 0 saturated heterocycles. The minimum absolute atomic E-state index is 0.0525. The number of hydrogen-bond donors (Lipinski definition) is 2. The van der Waals surface area contributed by atoms with Gasteiger partial charge >= 0.3 is 6.03 Å². The van der Waals surface area contributed by atoms with E-state index in [1.165, 1.54) is 62.5 Å². The molecule has 206 valence electrons. The number of hydrogen-bond acceptors (Lipinski definition) is 7. The number of urea groups is 1. The number of aromatic nitrogens is 2. The maximum Gasteiger partial charge on any atom is 0.330 e. The molecule has 2 fully saturated rings. The van der Waals surface area contributed by atoms with Gasteiger partial charge in [-0.3, -0.25) is 9.80 Å². The van der Waals surface area contributed by atoms with Crippen molar-refractivity contribution in [2.45, 2.75) is 70.0 Å². The van der Waals surface area contributed by atoms with E-state index in [-0.39, 0.29) is 34.7 Å². The Morgan fingerprint density at radius 1 is 1.03 bits per heavy atom. The van der Waals surface area contributed by atoms with Gasteiger partial charge in [0.25, 0.3) is 0 Å². The molecule has 5 rings (SSSR count). The third kappa shape index (κ3) is 5.08. The molecule has 0 radical (unpaired) electrons. The zero-order chi connectivity index (χ0) is 27.0. The molecule has 11 heteroatoms. The van der Waals surface area contributed by atoms with Crippen molar-refractivity contribution < 1.29 is 14.3 Å². The lowest BCUT2D eigenvalue weighted by molar-refractivity contribution is 0.177. The molecule has 2 aliphatic carbocycles. The van der Waals surface area contributed by atoms with Crippen LogP contribution in [0.1, 0.15) is 56.9 Å². The van der Waals surface area contributed by atoms with Gasteiger partial charge in [-0.1, -0.05) is 55.3 Å². The van der Waals surface area contributed by atoms with Crippen molar-refractivity contribution in [3.8, 4) is 11.5 Å². The Hall–Kier alpha value is -2.49. The number of benzene rings is 1. The van der Waals surface area contributed by atoms with Crippen molar-refractivity contribution in [3.05, 3.63) is 27.9 Å². The van der Waals surface area contributed by atoms with E-state index in [0.29, 0.717) is 34.9 Å². The zero-order valence-electron chi connectivity index (χ0n) is 22.2. The molecule has 3 N–H and O–H groups in total. The summed E-state index contributed by atoms with van der Waals surface area (Å²) in [5.41, 5.74) is 7.61. The quantitative estimate of drug-likeness (QED) is 0.453. The number of carbonyl (C=O) groups is 1. The number of anilines is 3. The van der Waals surface area contributed by atoms with Crippen LogP contribution in [0.4, 0.5) is 22.2 Å². The van der Waals surface area contributed by atoms with E-state index in [2.05, 4.69) is 10.3 Å². The third-order valence-corrected chi connectivity index (χ3v) is 9.13. The summed E-state index contributed by atoms with van der Waals surface area (Å²) in [6, 6.07) is 1.43. The van der Waals surface area contributed by atoms with Gasteiger partial charge in [0.05, 0.1) is 26.5 Å². The van der Waals surface area contributed by atoms with E-state index in [1.54, 1.807) is 19.3 Å². The van der Waals surface area contributed by atoms with Crippen molar-refractivity contribution in [3.63, 3.8) is 0 Å². The lowest BCUT2D eigenvalue weighted by Crippen LogP contribution is -2.47. The molecule has 0 spiro atoms. The number of amides is 2. The van der Waals surface area contributed by atoms with Crippen LogP contribution in [0.25, 0.3) is 0 Å². The first-order valence-electron chi connectivity index (χ1n) is 13.4. The fourth-order valence-corrected chi connectivity index (χ4v) is 6.96. The van der Waals surface area contributed by atoms with E-state index in [0.717, 1.165) is 24.3 Å². The average molecular weight is 564 g/mol. The summed E-state index contributed by atoms with van der Waals surface area (Å²) in [5.74, 6) is 3.23. The number of nitrogens with one attached hydrogen (secondary N) is 1. The van der Waals surface area contributed by atoms with E-state index in [1.807, 2.05) is 0 Å². The standard InChI is InChI=1S/C27H36Cl2N6O3/c1-34-25-17(14-35(27(34)36)24-22(28)20(37-2)12-21(38-3)23(24)29)13-31-26(33-25)32-19-11-16(9-10-18(19)30)15-7-5-4-6-8-15/h12-13,15-16,18-19H,4-11,14,30H2,1-3H3,(H,31,32,33)/t16?,18-,19+/m0/s1. The number of carbonyl (C=O) groups excluding carboxylic acids is 1. The van der Waals surface area contributed by atoms with Gasteiger partial charge in [0.15, 0.2) is 0 Å². The number of methoxy groups -OCH3 is 2. The van der Waals surface area contributed by atoms with Gasteiger partial charge in [-0.2, -0.15) is 4.98 Å². The molecule has 38 heavy (non-hydrogen) atoms. The molecule has 0 bridgehead atoms. The number of nitrogens with zero attached hydrogens (tertiary/aromatic N) is 4. The molecule has 1 unspecified atom stereocenters. The molecule has 2 heterocycles. The molecule has 1 aliphatic heterocycles. The first-order chi connectivity index (χ1) is 18.3. The Bertz CT molecular complexity index is 1160. The summed E-state index contributed by atoms with van der Waals surface area (Å²) < 4.78 is 10.8. The highest BCUT2D eigenvalue weighted by Gasteiger charge is 2.36. The Kier molecular flexibility index (Phi) is 8.07. The molecule has 2 saturated carbocycles. The Labute approximate surface area is 234 Å². The van der Waals surface area contributed by atoms with Crippen LogP contribution in [0.5, 0.6) is 11.5 Å². The number of halogens is 2.